The van der Waals surface area contributed by atoms with Gasteiger partial charge in [0.2, 0.25) is 5.91 Å². The average molecular weight is 405 g/mol. The lowest BCUT2D eigenvalue weighted by Gasteiger charge is -2.20. The zero-order chi connectivity index (χ0) is 21.5. The number of rotatable bonds is 8. The Labute approximate surface area is 174 Å². The number of carbonyl (C=O) groups excluding carboxylic acids is 1. The number of hydrogen-bond acceptors (Lipinski definition) is 4. The van der Waals surface area contributed by atoms with E-state index < -0.39 is 12.0 Å². The zero-order valence-corrected chi connectivity index (χ0v) is 16.2. The molecule has 0 saturated carbocycles. The highest BCUT2D eigenvalue weighted by molar-refractivity contribution is 5.84. The molecule has 30 heavy (non-hydrogen) atoms. The molecule has 0 aliphatic rings. The van der Waals surface area contributed by atoms with Gasteiger partial charge in [0.05, 0.1) is 0 Å². The Kier molecular flexibility index (Phi) is 6.70. The van der Waals surface area contributed by atoms with E-state index in [0.717, 1.165) is 11.1 Å². The molecule has 1 amide bonds. The number of carboxylic acids is 1. The highest BCUT2D eigenvalue weighted by atomic mass is 16.4. The first-order valence-corrected chi connectivity index (χ1v) is 9.57. The van der Waals surface area contributed by atoms with E-state index in [-0.39, 0.29) is 36.2 Å². The first kappa shape index (κ1) is 20.9. The third-order valence-electron chi connectivity index (χ3n) is 4.91. The van der Waals surface area contributed by atoms with Crippen LogP contribution in [0.3, 0.4) is 0 Å². The fraction of sp³-hybridized carbons (Fsp3) is 0.167. The summed E-state index contributed by atoms with van der Waals surface area (Å²) in [7, 11) is 0. The molecule has 3 aromatic rings. The smallest absolute Gasteiger partial charge is 0.326 e. The Morgan fingerprint density at radius 3 is 1.87 bits per heavy atom. The molecule has 0 radical (unpaired) electrons. The first-order valence-electron chi connectivity index (χ1n) is 9.57. The van der Waals surface area contributed by atoms with E-state index >= 15 is 0 Å². The Morgan fingerprint density at radius 1 is 0.800 bits per heavy atom. The molecule has 0 fully saturated rings. The van der Waals surface area contributed by atoms with Gasteiger partial charge in [-0.25, -0.2) is 4.79 Å². The van der Waals surface area contributed by atoms with Gasteiger partial charge in [-0.1, -0.05) is 66.7 Å². The minimum Gasteiger partial charge on any atom is -0.504 e. The molecule has 0 bridgehead atoms. The van der Waals surface area contributed by atoms with Crippen LogP contribution >= 0.6 is 0 Å². The Morgan fingerprint density at radius 2 is 1.37 bits per heavy atom. The lowest BCUT2D eigenvalue weighted by atomic mass is 9.88. The molecule has 0 aromatic heterocycles. The van der Waals surface area contributed by atoms with Crippen LogP contribution in [-0.4, -0.2) is 33.2 Å². The van der Waals surface area contributed by atoms with Crippen LogP contribution in [0.15, 0.2) is 78.9 Å². The third-order valence-corrected chi connectivity index (χ3v) is 4.91. The fourth-order valence-electron chi connectivity index (χ4n) is 3.37. The molecule has 3 rings (SSSR count). The van der Waals surface area contributed by atoms with Crippen molar-refractivity contribution in [2.24, 2.45) is 0 Å². The Bertz CT molecular complexity index is 965. The van der Waals surface area contributed by atoms with Crippen molar-refractivity contribution in [3.8, 4) is 11.5 Å². The molecule has 1 atom stereocenters. The normalized spacial score (nSPS) is 11.8. The van der Waals surface area contributed by atoms with Crippen LogP contribution in [-0.2, 0) is 16.0 Å². The molecule has 0 spiro atoms. The molecule has 0 aliphatic carbocycles. The van der Waals surface area contributed by atoms with Gasteiger partial charge in [-0.15, -0.1) is 0 Å². The predicted octanol–water partition coefficient (Wildman–Crippen LogP) is 3.43. The van der Waals surface area contributed by atoms with Crippen molar-refractivity contribution < 1.29 is 24.9 Å². The largest absolute Gasteiger partial charge is 0.504 e. The molecule has 6 nitrogen and oxygen atoms in total. The van der Waals surface area contributed by atoms with Crippen LogP contribution in [0.1, 0.15) is 29.0 Å². The fourth-order valence-corrected chi connectivity index (χ4v) is 3.37. The molecule has 1 unspecified atom stereocenters. The summed E-state index contributed by atoms with van der Waals surface area (Å²) in [5, 5.41) is 31.2. The second-order valence-corrected chi connectivity index (χ2v) is 7.06. The van der Waals surface area contributed by atoms with Crippen LogP contribution in [0.25, 0.3) is 0 Å². The Hall–Kier alpha value is -3.80. The molecule has 0 saturated heterocycles. The van der Waals surface area contributed by atoms with Gasteiger partial charge >= 0.3 is 5.97 Å². The summed E-state index contributed by atoms with van der Waals surface area (Å²) >= 11 is 0. The van der Waals surface area contributed by atoms with Crippen molar-refractivity contribution in [2.75, 3.05) is 0 Å². The predicted molar refractivity (Wildman–Crippen MR) is 112 cm³/mol. The van der Waals surface area contributed by atoms with Crippen LogP contribution in [0.4, 0.5) is 0 Å². The molecule has 0 heterocycles. The lowest BCUT2D eigenvalue weighted by Crippen LogP contribution is -2.42. The van der Waals surface area contributed by atoms with Crippen molar-refractivity contribution in [3.05, 3.63) is 95.6 Å². The number of carbonyl (C=O) groups is 2. The molecule has 4 N–H and O–H groups in total. The van der Waals surface area contributed by atoms with Crippen LogP contribution < -0.4 is 5.32 Å². The highest BCUT2D eigenvalue weighted by Crippen LogP contribution is 2.28. The summed E-state index contributed by atoms with van der Waals surface area (Å²) in [6, 6.07) is 22.1. The molecular weight excluding hydrogens is 382 g/mol. The summed E-state index contributed by atoms with van der Waals surface area (Å²) in [5.41, 5.74) is 2.42. The van der Waals surface area contributed by atoms with Crippen LogP contribution in [0.2, 0.25) is 0 Å². The summed E-state index contributed by atoms with van der Waals surface area (Å²) < 4.78 is 0. The standard InChI is InChI=1S/C24H23NO5/c26-21-12-11-16(14-22(21)27)13-20(24(29)30)25-23(28)15-19(17-7-3-1-4-8-17)18-9-5-2-6-10-18/h1-12,14,19-20,26-27H,13,15H2,(H,25,28)(H,29,30). The second kappa shape index (κ2) is 9.60. The molecule has 154 valence electrons. The minimum absolute atomic E-state index is 0.0176. The Balaban J connectivity index is 1.75. The monoisotopic (exact) mass is 405 g/mol. The van der Waals surface area contributed by atoms with Crippen molar-refractivity contribution >= 4 is 11.9 Å². The number of phenols is 2. The van der Waals surface area contributed by atoms with Gasteiger partial charge in [0.15, 0.2) is 11.5 Å². The van der Waals surface area contributed by atoms with Crippen molar-refractivity contribution in [1.29, 1.82) is 0 Å². The summed E-state index contributed by atoms with van der Waals surface area (Å²) in [4.78, 5) is 24.5. The quantitative estimate of drug-likeness (QED) is 0.430. The van der Waals surface area contributed by atoms with Crippen molar-refractivity contribution in [2.45, 2.75) is 24.8 Å². The number of nitrogens with one attached hydrogen (secondary N) is 1. The van der Waals surface area contributed by atoms with Gasteiger partial charge in [-0.05, 0) is 28.8 Å². The number of benzene rings is 3. The van der Waals surface area contributed by atoms with E-state index in [9.17, 15) is 24.9 Å². The van der Waals surface area contributed by atoms with Gasteiger partial charge in [-0.3, -0.25) is 4.79 Å². The number of hydrogen-bond donors (Lipinski definition) is 4. The number of aromatic hydroxyl groups is 2. The molecule has 0 aliphatic heterocycles. The molecule has 3 aromatic carbocycles. The number of aliphatic carboxylic acids is 1. The van der Waals surface area contributed by atoms with Gasteiger partial charge in [0.1, 0.15) is 6.04 Å². The summed E-state index contributed by atoms with van der Waals surface area (Å²) in [5.74, 6) is -2.39. The van der Waals surface area contributed by atoms with Crippen LogP contribution in [0, 0.1) is 0 Å². The molecular formula is C24H23NO5. The van der Waals surface area contributed by atoms with Gasteiger partial charge in [0, 0.05) is 18.8 Å². The van der Waals surface area contributed by atoms with E-state index in [1.54, 1.807) is 0 Å². The maximum Gasteiger partial charge on any atom is 0.326 e. The van der Waals surface area contributed by atoms with Gasteiger partial charge < -0.3 is 20.6 Å². The minimum atomic E-state index is -1.17. The second-order valence-electron chi connectivity index (χ2n) is 7.06. The number of amides is 1. The first-order chi connectivity index (χ1) is 14.4. The van der Waals surface area contributed by atoms with E-state index in [2.05, 4.69) is 5.32 Å². The van der Waals surface area contributed by atoms with E-state index in [4.69, 9.17) is 0 Å². The van der Waals surface area contributed by atoms with Gasteiger partial charge in [-0.2, -0.15) is 0 Å². The highest BCUT2D eigenvalue weighted by Gasteiger charge is 2.24. The summed E-state index contributed by atoms with van der Waals surface area (Å²) in [6.07, 6.45) is 0.0783. The molecule has 6 heteroatoms. The topological polar surface area (TPSA) is 107 Å². The number of carboxylic acid groups (broad SMARTS) is 1. The zero-order valence-electron chi connectivity index (χ0n) is 16.2. The van der Waals surface area contributed by atoms with Gasteiger partial charge in [0.25, 0.3) is 0 Å². The SMILES string of the molecule is O=C(CC(c1ccccc1)c1ccccc1)NC(Cc1ccc(O)c(O)c1)C(=O)O. The van der Waals surface area contributed by atoms with Crippen molar-refractivity contribution in [3.63, 3.8) is 0 Å². The average Bonchev–Trinajstić information content (AvgIpc) is 2.75. The number of phenolic OH excluding ortho intramolecular Hbond substituents is 2. The van der Waals surface area contributed by atoms with Crippen LogP contribution in [0.5, 0.6) is 11.5 Å². The van der Waals surface area contributed by atoms with E-state index in [1.807, 2.05) is 60.7 Å². The van der Waals surface area contributed by atoms with Crippen molar-refractivity contribution in [1.82, 2.24) is 5.32 Å². The maximum atomic E-state index is 12.8. The summed E-state index contributed by atoms with van der Waals surface area (Å²) in [6.45, 7) is 0. The van der Waals surface area contributed by atoms with E-state index in [0.29, 0.717) is 5.56 Å². The lowest BCUT2D eigenvalue weighted by molar-refractivity contribution is -0.141. The third kappa shape index (κ3) is 5.38. The van der Waals surface area contributed by atoms with E-state index in [1.165, 1.54) is 18.2 Å². The maximum absolute atomic E-state index is 12.8.